The molecule has 5 N–H and O–H groups in total. The molecule has 1 aliphatic rings. The highest BCUT2D eigenvalue weighted by Gasteiger charge is 2.14. The molecule has 0 bridgehead atoms. The Morgan fingerprint density at radius 2 is 1.77 bits per heavy atom. The third-order valence-corrected chi connectivity index (χ3v) is 3.93. The highest BCUT2D eigenvalue weighted by atomic mass is 16.5. The number of nitrogens with one attached hydrogen (secondary N) is 1. The van der Waals surface area contributed by atoms with Gasteiger partial charge in [-0.15, -0.1) is 0 Å². The highest BCUT2D eigenvalue weighted by molar-refractivity contribution is 5.77. The number of primary amides is 1. The van der Waals surface area contributed by atoms with E-state index in [1.165, 1.54) is 24.0 Å². The van der Waals surface area contributed by atoms with Gasteiger partial charge in [0.15, 0.2) is 0 Å². The maximum Gasteiger partial charge on any atom is 0.409 e. The van der Waals surface area contributed by atoms with E-state index < -0.39 is 6.09 Å². The molecule has 0 saturated carbocycles. The number of hydrogen-bond acceptors (Lipinski definition) is 4. The average molecular weight is 297 g/mol. The van der Waals surface area contributed by atoms with E-state index in [4.69, 9.17) is 16.2 Å². The molecule has 1 amide bonds. The number of ether oxygens (including phenoxy) is 1. The summed E-state index contributed by atoms with van der Waals surface area (Å²) < 4.78 is 4.80. The van der Waals surface area contributed by atoms with Gasteiger partial charge in [0.05, 0.1) is 11.4 Å². The van der Waals surface area contributed by atoms with E-state index in [9.17, 15) is 4.79 Å². The zero-order valence-electron chi connectivity index (χ0n) is 12.3. The first kappa shape index (κ1) is 14.3. The predicted octanol–water partition coefficient (Wildman–Crippen LogP) is 3.35. The third-order valence-electron chi connectivity index (χ3n) is 3.93. The van der Waals surface area contributed by atoms with Crippen LogP contribution in [0.1, 0.15) is 24.0 Å². The lowest BCUT2D eigenvalue weighted by Gasteiger charge is -2.20. The number of nitrogen functional groups attached to an aromatic ring is 1. The van der Waals surface area contributed by atoms with E-state index in [2.05, 4.69) is 11.4 Å². The summed E-state index contributed by atoms with van der Waals surface area (Å²) in [6, 6.07) is 11.2. The molecule has 5 nitrogen and oxygen atoms in total. The quantitative estimate of drug-likeness (QED) is 0.758. The lowest BCUT2D eigenvalue weighted by atomic mass is 9.90. The molecule has 0 unspecified atom stereocenters. The summed E-state index contributed by atoms with van der Waals surface area (Å²) >= 11 is 0. The fourth-order valence-electron chi connectivity index (χ4n) is 2.84. The number of carbonyl (C=O) groups is 1. The second-order valence-electron chi connectivity index (χ2n) is 5.44. The molecule has 0 heterocycles. The Bertz CT molecular complexity index is 696. The lowest BCUT2D eigenvalue weighted by molar-refractivity contribution is 0.211. The number of fused-ring (bicyclic) bond motifs is 1. The molecule has 0 fully saturated rings. The van der Waals surface area contributed by atoms with Crippen molar-refractivity contribution in [1.82, 2.24) is 0 Å². The number of amides is 1. The van der Waals surface area contributed by atoms with Crippen molar-refractivity contribution in [3.05, 3.63) is 47.5 Å². The first-order valence-corrected chi connectivity index (χ1v) is 7.38. The Morgan fingerprint density at radius 3 is 2.50 bits per heavy atom. The maximum absolute atomic E-state index is 10.7. The van der Waals surface area contributed by atoms with Gasteiger partial charge in [-0.05, 0) is 67.1 Å². The van der Waals surface area contributed by atoms with E-state index in [1.807, 2.05) is 18.2 Å². The molecule has 2 aromatic carbocycles. The van der Waals surface area contributed by atoms with Crippen molar-refractivity contribution in [1.29, 1.82) is 0 Å². The molecule has 22 heavy (non-hydrogen) atoms. The molecule has 114 valence electrons. The molecule has 0 atom stereocenters. The van der Waals surface area contributed by atoms with Crippen molar-refractivity contribution < 1.29 is 9.53 Å². The molecule has 5 heteroatoms. The minimum atomic E-state index is -0.820. The zero-order chi connectivity index (χ0) is 15.5. The summed E-state index contributed by atoms with van der Waals surface area (Å²) in [6.45, 7) is 0. The smallest absolute Gasteiger partial charge is 0.409 e. The maximum atomic E-state index is 10.7. The van der Waals surface area contributed by atoms with Crippen molar-refractivity contribution in [3.63, 3.8) is 0 Å². The van der Waals surface area contributed by atoms with Crippen LogP contribution in [0.4, 0.5) is 21.9 Å². The molecule has 0 spiro atoms. The molecule has 0 radical (unpaired) electrons. The summed E-state index contributed by atoms with van der Waals surface area (Å²) in [7, 11) is 0. The Morgan fingerprint density at radius 1 is 1.05 bits per heavy atom. The van der Waals surface area contributed by atoms with Crippen LogP contribution in [0.3, 0.4) is 0 Å². The van der Waals surface area contributed by atoms with Gasteiger partial charge < -0.3 is 21.5 Å². The topological polar surface area (TPSA) is 90.4 Å². The van der Waals surface area contributed by atoms with E-state index in [0.717, 1.165) is 29.9 Å². The second kappa shape index (κ2) is 5.97. The van der Waals surface area contributed by atoms with Crippen molar-refractivity contribution in [2.75, 3.05) is 11.1 Å². The lowest BCUT2D eigenvalue weighted by Crippen LogP contribution is -2.16. The molecule has 1 aliphatic carbocycles. The van der Waals surface area contributed by atoms with E-state index >= 15 is 0 Å². The van der Waals surface area contributed by atoms with Crippen molar-refractivity contribution in [3.8, 4) is 5.75 Å². The summed E-state index contributed by atoms with van der Waals surface area (Å²) in [5.41, 5.74) is 16.5. The summed E-state index contributed by atoms with van der Waals surface area (Å²) in [5, 5.41) is 3.31. The van der Waals surface area contributed by atoms with E-state index in [1.54, 1.807) is 12.1 Å². The number of anilines is 3. The molecule has 0 aliphatic heterocycles. The van der Waals surface area contributed by atoms with Gasteiger partial charge in [-0.25, -0.2) is 4.79 Å². The average Bonchev–Trinajstić information content (AvgIpc) is 2.52. The number of rotatable bonds is 3. The summed E-state index contributed by atoms with van der Waals surface area (Å²) in [6.07, 6.45) is 3.76. The fourth-order valence-corrected chi connectivity index (χ4v) is 2.84. The van der Waals surface area contributed by atoms with Crippen molar-refractivity contribution >= 4 is 23.2 Å². The van der Waals surface area contributed by atoms with Gasteiger partial charge in [0.2, 0.25) is 0 Å². The van der Waals surface area contributed by atoms with Crippen molar-refractivity contribution in [2.45, 2.75) is 25.7 Å². The number of carbonyl (C=O) groups excluding carboxylic acids is 1. The molecule has 2 aromatic rings. The van der Waals surface area contributed by atoms with Crippen LogP contribution in [0.15, 0.2) is 36.4 Å². The first-order chi connectivity index (χ1) is 10.6. The van der Waals surface area contributed by atoms with Gasteiger partial charge in [-0.3, -0.25) is 0 Å². The Balaban J connectivity index is 1.79. The number of hydrogen-bond donors (Lipinski definition) is 3. The van der Waals surface area contributed by atoms with Crippen LogP contribution >= 0.6 is 0 Å². The van der Waals surface area contributed by atoms with E-state index in [-0.39, 0.29) is 0 Å². The van der Waals surface area contributed by atoms with Crippen LogP contribution in [0.5, 0.6) is 5.75 Å². The molecular formula is C17H19N3O2. The minimum Gasteiger partial charge on any atom is -0.411 e. The molecule has 3 rings (SSSR count). The Hall–Kier alpha value is -2.69. The molecular weight excluding hydrogens is 278 g/mol. The zero-order valence-corrected chi connectivity index (χ0v) is 12.3. The SMILES string of the molecule is NC(=O)Oc1ccc(Nc2ccc3c(c2N)CCCC3)cc1. The molecule has 0 saturated heterocycles. The van der Waals surface area contributed by atoms with Crippen molar-refractivity contribution in [2.24, 2.45) is 5.73 Å². The third kappa shape index (κ3) is 2.98. The highest BCUT2D eigenvalue weighted by Crippen LogP contribution is 2.33. The van der Waals surface area contributed by atoms with Gasteiger partial charge in [-0.1, -0.05) is 6.07 Å². The van der Waals surface area contributed by atoms with Gasteiger partial charge in [0.25, 0.3) is 0 Å². The van der Waals surface area contributed by atoms with Gasteiger partial charge in [0.1, 0.15) is 5.75 Å². The minimum absolute atomic E-state index is 0.413. The predicted molar refractivity (Wildman–Crippen MR) is 87.4 cm³/mol. The monoisotopic (exact) mass is 297 g/mol. The van der Waals surface area contributed by atoms with Gasteiger partial charge in [-0.2, -0.15) is 0 Å². The van der Waals surface area contributed by atoms with Crippen LogP contribution < -0.4 is 21.5 Å². The normalized spacial score (nSPS) is 13.3. The van der Waals surface area contributed by atoms with Crippen LogP contribution in [-0.4, -0.2) is 6.09 Å². The van der Waals surface area contributed by atoms with Crippen LogP contribution in [0, 0.1) is 0 Å². The Kier molecular flexibility index (Phi) is 3.87. The van der Waals surface area contributed by atoms with Gasteiger partial charge in [0, 0.05) is 5.69 Å². The van der Waals surface area contributed by atoms with E-state index in [0.29, 0.717) is 5.75 Å². The standard InChI is InChI=1S/C17H19N3O2/c18-16-14-4-2-1-3-11(14)5-10-15(16)20-12-6-8-13(9-7-12)22-17(19)21/h5-10,20H,1-4,18H2,(H2,19,21). The van der Waals surface area contributed by atoms with Crippen LogP contribution in [0.25, 0.3) is 0 Å². The number of aryl methyl sites for hydroxylation is 1. The number of benzene rings is 2. The van der Waals surface area contributed by atoms with Gasteiger partial charge >= 0.3 is 6.09 Å². The first-order valence-electron chi connectivity index (χ1n) is 7.38. The fraction of sp³-hybridized carbons (Fsp3) is 0.235. The molecule has 0 aromatic heterocycles. The largest absolute Gasteiger partial charge is 0.411 e. The van der Waals surface area contributed by atoms with Crippen LogP contribution in [-0.2, 0) is 12.8 Å². The Labute approximate surface area is 129 Å². The number of nitrogens with two attached hydrogens (primary N) is 2. The second-order valence-corrected chi connectivity index (χ2v) is 5.44. The summed E-state index contributed by atoms with van der Waals surface area (Å²) in [5.74, 6) is 0.413. The summed E-state index contributed by atoms with van der Waals surface area (Å²) in [4.78, 5) is 10.7. The van der Waals surface area contributed by atoms with Crippen LogP contribution in [0.2, 0.25) is 0 Å².